The van der Waals surface area contributed by atoms with E-state index in [-0.39, 0.29) is 13.2 Å². The number of aromatic nitrogens is 4. The van der Waals surface area contributed by atoms with Crippen LogP contribution in [0, 0.1) is 0 Å². The number of Topliss-reactive ketones (excluding diaryl/α,β-unsaturated/α-hetero) is 1. The molecule has 0 saturated carbocycles. The largest absolute Gasteiger partial charge is 0.251 e. The van der Waals surface area contributed by atoms with Gasteiger partial charge in [0.15, 0.2) is 5.78 Å². The first-order valence-corrected chi connectivity index (χ1v) is 52.5. The summed E-state index contributed by atoms with van der Waals surface area (Å²) < 4.78 is 9.89. The van der Waals surface area contributed by atoms with Crippen LogP contribution in [-0.2, 0) is 24.0 Å². The van der Waals surface area contributed by atoms with E-state index >= 15 is 0 Å². The number of anilines is 1. The Morgan fingerprint density at radius 2 is 0.813 bits per heavy atom. The molecule has 11 rings (SSSR count). The molecule has 8 heterocycles. The number of thiophene rings is 3. The van der Waals surface area contributed by atoms with Crippen molar-refractivity contribution in [3.05, 3.63) is 266 Å². The third kappa shape index (κ3) is 35.2. The summed E-state index contributed by atoms with van der Waals surface area (Å²) in [5, 5.41) is 2.11. The van der Waals surface area contributed by atoms with Crippen molar-refractivity contribution in [2.75, 3.05) is 18.9 Å². The van der Waals surface area contributed by atoms with Crippen LogP contribution in [0.2, 0.25) is 14.8 Å². The number of pyridine rings is 4. The summed E-state index contributed by atoms with van der Waals surface area (Å²) in [4.78, 5) is 51.2. The van der Waals surface area contributed by atoms with E-state index in [4.69, 9.17) is 25.4 Å². The number of benzene rings is 3. The Balaban J connectivity index is 0.000000438. The van der Waals surface area contributed by atoms with Crippen molar-refractivity contribution < 1.29 is 9.53 Å². The van der Waals surface area contributed by atoms with Crippen molar-refractivity contribution >= 4 is 153 Å². The number of nitrogens with zero attached hydrogens (tertiary/aromatic N) is 6. The Bertz CT molecular complexity index is 4160. The second kappa shape index (κ2) is 51.9. The predicted octanol–water partition coefficient (Wildman–Crippen LogP) is 29.6. The molecule has 0 atom stereocenters. The zero-order chi connectivity index (χ0) is 79.2. The molecule has 9 nitrogen and oxygen atoms in total. The molecule has 3 aromatic carbocycles. The number of hydrogen-bond donors (Lipinski definition) is 1. The van der Waals surface area contributed by atoms with Crippen LogP contribution in [0.25, 0.3) is 10.6 Å². The number of halogens is 4. The minimum Gasteiger partial charge on any atom is -0.251 e. The van der Waals surface area contributed by atoms with Gasteiger partial charge in [-0.05, 0) is 244 Å². The van der Waals surface area contributed by atoms with Crippen molar-refractivity contribution in [3.63, 3.8) is 0 Å². The van der Waals surface area contributed by atoms with Gasteiger partial charge in [-0.1, -0.05) is 189 Å². The van der Waals surface area contributed by atoms with Crippen molar-refractivity contribution in [3.8, 4) is 10.6 Å². The Morgan fingerprint density at radius 1 is 0.458 bits per heavy atom. The van der Waals surface area contributed by atoms with Crippen LogP contribution in [0.3, 0.4) is 0 Å². The summed E-state index contributed by atoms with van der Waals surface area (Å²) in [7, 11) is 0. The molecule has 0 spiro atoms. The van der Waals surface area contributed by atoms with E-state index in [0.717, 1.165) is 79.0 Å². The van der Waals surface area contributed by atoms with Gasteiger partial charge in [-0.25, -0.2) is 19.9 Å². The van der Waals surface area contributed by atoms with Gasteiger partial charge in [0.1, 0.15) is 24.1 Å². The second-order valence-corrected chi connectivity index (χ2v) is 50.0. The molecule has 2 N–H and O–H groups in total. The fourth-order valence-electron chi connectivity index (χ4n) is 10.4. The van der Waals surface area contributed by atoms with Gasteiger partial charge in [0, 0.05) is 35.6 Å². The fraction of sp³-hybridized carbons (Fsp3) is 0.389. The number of aliphatic imine (C=N–C) groups is 2. The molecule has 578 valence electrons. The Kier molecular flexibility index (Phi) is 47.4. The number of nitrogen functional groups attached to an aromatic ring is 1. The van der Waals surface area contributed by atoms with E-state index in [1.165, 1.54) is 80.6 Å². The topological polar surface area (TPSA) is 129 Å². The van der Waals surface area contributed by atoms with Gasteiger partial charge in [-0.15, -0.1) is 35.8 Å². The van der Waals surface area contributed by atoms with Crippen LogP contribution in [0.15, 0.2) is 211 Å². The summed E-state index contributed by atoms with van der Waals surface area (Å²) in [5.74, 6) is 2.77. The smallest absolute Gasteiger partial charge is 0.0849 e. The first-order chi connectivity index (χ1) is 50.3. The van der Waals surface area contributed by atoms with Crippen LogP contribution in [0.4, 0.5) is 17.1 Å². The van der Waals surface area contributed by atoms with Crippen LogP contribution in [-0.4, -0.2) is 68.7 Å². The summed E-state index contributed by atoms with van der Waals surface area (Å²) in [6.45, 7) is 46.7. The molecule has 1 aliphatic heterocycles. The molecule has 0 bridgehead atoms. The first kappa shape index (κ1) is 97.7. The molecule has 0 unspecified atom stereocenters. The van der Waals surface area contributed by atoms with E-state index in [2.05, 4.69) is 332 Å². The third-order valence-corrected chi connectivity index (χ3v) is 31.2. The molecule has 17 heteroatoms. The van der Waals surface area contributed by atoms with Gasteiger partial charge in [0.05, 0.1) is 44.8 Å². The number of nitrogens with two attached hydrogens (primary N) is 1. The van der Waals surface area contributed by atoms with Gasteiger partial charge >= 0.3 is 77.8 Å². The van der Waals surface area contributed by atoms with Gasteiger partial charge in [0.2, 0.25) is 0 Å². The molecule has 1 fully saturated rings. The van der Waals surface area contributed by atoms with Crippen LogP contribution in [0.1, 0.15) is 250 Å². The van der Waals surface area contributed by atoms with Gasteiger partial charge in [0.25, 0.3) is 0 Å². The summed E-state index contributed by atoms with van der Waals surface area (Å²) >= 11 is 17.0. The summed E-state index contributed by atoms with van der Waals surface area (Å²) in [5.41, 5.74) is 22.3. The molecular weight excluding hydrogens is 1750 g/mol. The predicted molar refractivity (Wildman–Crippen MR) is 491 cm³/mol. The normalized spacial score (nSPS) is 11.7. The SMILES string of the molecule is Brc1cccc(Br)n1.C.C1CCOC1.C=C.CC(=Nc1c(C(C)C)cccc1C(C)C)c1cccc(Br)n1.CC(=O)c1cccc(Br)n1.CC(C)c1cccc(C(C)C)c1N.CCc1cc[c]([Sn]([CH3])([CH3])[CH3])s1.CCc1ccc(-c2cccc(C(C)=Nc3c(C(C)C)cccc3C(C)C)n2)s1.CCc1cccs1. The van der Waals surface area contributed by atoms with Gasteiger partial charge in [-0.3, -0.25) is 14.8 Å². The molecule has 0 aliphatic carbocycles. The zero-order valence-electron chi connectivity index (χ0n) is 66.8. The van der Waals surface area contributed by atoms with Crippen molar-refractivity contribution in [2.45, 2.75) is 214 Å². The number of carbonyl (C=O) groups excluding carboxylic acids is 1. The molecule has 1 aliphatic rings. The maximum Gasteiger partial charge on any atom is 0.0849 e. The van der Waals surface area contributed by atoms with E-state index in [1.54, 1.807) is 26.0 Å². The fourth-order valence-corrected chi connectivity index (χ4v) is 20.0. The number of ether oxygens (including phenoxy) is 1. The van der Waals surface area contributed by atoms with E-state index < -0.39 is 18.4 Å². The second-order valence-electron chi connectivity index (χ2n) is 27.9. The molecule has 107 heavy (non-hydrogen) atoms. The minimum atomic E-state index is -1.70. The van der Waals surface area contributed by atoms with Crippen molar-refractivity contribution in [2.24, 2.45) is 9.98 Å². The van der Waals surface area contributed by atoms with Gasteiger partial charge in [-0.2, -0.15) is 0 Å². The standard InChI is InChI=1S/C25H30N2S.C19H23BrN2.C12H19N.C7H6BrNO.C6H8S.C6H7S.C5H3Br2N.C4H8O.C2H4.CH4.3CH3.Sn/c1-7-19-14-15-24(28-19)23-13-9-12-22(27-23)18(6)26-25-20(16(2)3)10-8-11-21(25)17(4)5;1-12(2)15-8-6-9-16(13(3)4)19(15)21-14(5)17-10-7-11-18(20)22-17;1-8(2)10-6-5-7-11(9(3)4)12(10)13;1-5(10)6-3-2-4-7(8)9-6;2*1-2-6-4-3-5-7-6;6-4-2-1-3-5(7)8-4;1-2-4-5-3-1;1-2;;;;;/h8-17H,7H2,1-6H3;6-13H,1-5H3;5-9H,13H2,1-4H3;2-4H,1H3;3-5H,2H2,1H3;3-4H,2H2,1H3;1-3H;1-4H2;1-2H2;1H4;3*1H3;. The molecule has 10 aromatic rings. The number of ketones is 1. The first-order valence-electron chi connectivity index (χ1n) is 36.8. The zero-order valence-corrected chi connectivity index (χ0v) is 78.5. The molecular formula is C90H121Br4N7O2S3Sn. The van der Waals surface area contributed by atoms with E-state index in [1.807, 2.05) is 77.3 Å². The van der Waals surface area contributed by atoms with Crippen LogP contribution < -0.4 is 8.63 Å². The quantitative estimate of drug-likeness (QED) is 0.0255. The van der Waals surface area contributed by atoms with Crippen LogP contribution in [0.5, 0.6) is 0 Å². The van der Waals surface area contributed by atoms with Gasteiger partial charge < -0.3 is 10.5 Å². The number of aryl methyl sites for hydroxylation is 3. The maximum atomic E-state index is 10.7. The number of hydrogen-bond acceptors (Lipinski definition) is 12. The molecule has 0 amide bonds. The Labute approximate surface area is 695 Å². The Hall–Kier alpha value is -5.41. The van der Waals surface area contributed by atoms with Crippen molar-refractivity contribution in [1.82, 2.24) is 19.9 Å². The maximum absolute atomic E-state index is 10.7. The third-order valence-electron chi connectivity index (χ3n) is 16.4. The summed E-state index contributed by atoms with van der Waals surface area (Å²) in [6, 6.07) is 55.7. The average Bonchev–Trinajstić information content (AvgIpc) is 1.57. The minimum absolute atomic E-state index is 0. The molecule has 7 aromatic heterocycles. The van der Waals surface area contributed by atoms with E-state index in [9.17, 15) is 4.79 Å². The number of para-hydroxylation sites is 3. The van der Waals surface area contributed by atoms with E-state index in [0.29, 0.717) is 45.8 Å². The Morgan fingerprint density at radius 3 is 1.11 bits per heavy atom. The monoisotopic (exact) mass is 1860 g/mol. The van der Waals surface area contributed by atoms with Crippen molar-refractivity contribution in [1.29, 1.82) is 0 Å². The van der Waals surface area contributed by atoms with Crippen LogP contribution >= 0.6 is 97.7 Å². The molecule has 0 radical (unpaired) electrons. The number of carbonyl (C=O) groups is 1. The number of rotatable bonds is 16. The average molecular weight is 1870 g/mol. The molecule has 1 saturated heterocycles. The summed E-state index contributed by atoms with van der Waals surface area (Å²) in [6.07, 6.45) is 6.00.